The quantitative estimate of drug-likeness (QED) is 0.525. The summed E-state index contributed by atoms with van der Waals surface area (Å²) in [5, 5.41) is 0. The molecule has 3 rings (SSSR count). The summed E-state index contributed by atoms with van der Waals surface area (Å²) < 4.78 is 5.64. The second-order valence-corrected chi connectivity index (χ2v) is 7.92. The van der Waals surface area contributed by atoms with Crippen LogP contribution in [-0.4, -0.2) is 12.1 Å². The van der Waals surface area contributed by atoms with Crippen molar-refractivity contribution in [2.45, 2.75) is 66.4 Å². The molecular formula is C17H26O2. The molecule has 0 aromatic carbocycles. The molecule has 19 heavy (non-hydrogen) atoms. The van der Waals surface area contributed by atoms with E-state index in [0.29, 0.717) is 5.41 Å². The van der Waals surface area contributed by atoms with Crippen molar-refractivity contribution >= 4 is 5.97 Å². The highest BCUT2D eigenvalue weighted by molar-refractivity contribution is 5.66. The Bertz CT molecular complexity index is 458. The zero-order valence-electron chi connectivity index (χ0n) is 12.9. The van der Waals surface area contributed by atoms with Crippen molar-refractivity contribution in [1.29, 1.82) is 0 Å². The van der Waals surface area contributed by atoms with Crippen LogP contribution in [0.1, 0.15) is 60.3 Å². The van der Waals surface area contributed by atoms with E-state index in [9.17, 15) is 4.79 Å². The molecule has 3 aliphatic rings. The Morgan fingerprint density at radius 3 is 2.63 bits per heavy atom. The van der Waals surface area contributed by atoms with Gasteiger partial charge in [0.25, 0.3) is 0 Å². The molecule has 2 saturated carbocycles. The number of allylic oxidation sites excluding steroid dienone is 1. The molecule has 106 valence electrons. The number of fused-ring (bicyclic) bond motifs is 1. The molecule has 2 fully saturated rings. The van der Waals surface area contributed by atoms with Crippen LogP contribution in [0.25, 0.3) is 0 Å². The fraction of sp³-hybridized carbons (Fsp3) is 0.824. The maximum Gasteiger partial charge on any atom is 0.302 e. The molecule has 2 heteroatoms. The number of carbonyl (C=O) groups excluding carboxylic acids is 1. The van der Waals surface area contributed by atoms with E-state index in [1.807, 2.05) is 0 Å². The summed E-state index contributed by atoms with van der Waals surface area (Å²) >= 11 is 0. The van der Waals surface area contributed by atoms with Crippen LogP contribution in [0.2, 0.25) is 0 Å². The molecule has 0 radical (unpaired) electrons. The van der Waals surface area contributed by atoms with Gasteiger partial charge in [-0.1, -0.05) is 39.3 Å². The van der Waals surface area contributed by atoms with E-state index in [1.165, 1.54) is 26.2 Å². The molecule has 2 nitrogen and oxygen atoms in total. The highest BCUT2D eigenvalue weighted by atomic mass is 16.5. The van der Waals surface area contributed by atoms with Crippen LogP contribution < -0.4 is 0 Å². The summed E-state index contributed by atoms with van der Waals surface area (Å²) in [6.07, 6.45) is 7.23. The van der Waals surface area contributed by atoms with E-state index in [1.54, 1.807) is 5.57 Å². The van der Waals surface area contributed by atoms with Gasteiger partial charge >= 0.3 is 5.97 Å². The summed E-state index contributed by atoms with van der Waals surface area (Å²) in [7, 11) is 0. The second kappa shape index (κ2) is 3.65. The fourth-order valence-electron chi connectivity index (χ4n) is 5.36. The molecule has 1 unspecified atom stereocenters. The molecule has 0 aliphatic heterocycles. The van der Waals surface area contributed by atoms with Gasteiger partial charge in [-0.05, 0) is 30.6 Å². The Labute approximate surface area is 116 Å². The van der Waals surface area contributed by atoms with Gasteiger partial charge in [0.1, 0.15) is 6.10 Å². The first kappa shape index (κ1) is 13.2. The summed E-state index contributed by atoms with van der Waals surface area (Å²) in [6.45, 7) is 11.0. The van der Waals surface area contributed by atoms with Crippen LogP contribution in [0.5, 0.6) is 0 Å². The lowest BCUT2D eigenvalue weighted by molar-refractivity contribution is -0.159. The van der Waals surface area contributed by atoms with Crippen LogP contribution >= 0.6 is 0 Å². The topological polar surface area (TPSA) is 26.3 Å². The Kier molecular flexibility index (Phi) is 2.54. The number of hydrogen-bond donors (Lipinski definition) is 0. The maximum absolute atomic E-state index is 11.4. The van der Waals surface area contributed by atoms with E-state index in [0.717, 1.165) is 12.3 Å². The lowest BCUT2D eigenvalue weighted by Gasteiger charge is -2.53. The minimum Gasteiger partial charge on any atom is -0.462 e. The van der Waals surface area contributed by atoms with E-state index in [4.69, 9.17) is 4.74 Å². The van der Waals surface area contributed by atoms with Crippen LogP contribution in [-0.2, 0) is 9.53 Å². The Balaban J connectivity index is 2.05. The van der Waals surface area contributed by atoms with E-state index in [-0.39, 0.29) is 22.9 Å². The van der Waals surface area contributed by atoms with Crippen molar-refractivity contribution in [3.63, 3.8) is 0 Å². The number of carbonyl (C=O) groups is 1. The average Bonchev–Trinajstić information content (AvgIpc) is 2.79. The molecular weight excluding hydrogens is 236 g/mol. The zero-order chi connectivity index (χ0) is 14.1. The van der Waals surface area contributed by atoms with E-state index < -0.39 is 0 Å². The normalized spacial score (nSPS) is 41.6. The predicted octanol–water partition coefficient (Wildman–Crippen LogP) is 4.10. The van der Waals surface area contributed by atoms with Gasteiger partial charge in [0.2, 0.25) is 0 Å². The summed E-state index contributed by atoms with van der Waals surface area (Å²) in [6, 6.07) is 0. The monoisotopic (exact) mass is 262 g/mol. The third-order valence-corrected chi connectivity index (χ3v) is 6.63. The minimum absolute atomic E-state index is 0.0430. The minimum atomic E-state index is -0.141. The van der Waals surface area contributed by atoms with Crippen LogP contribution in [0.15, 0.2) is 11.6 Å². The molecule has 0 saturated heterocycles. The van der Waals surface area contributed by atoms with Gasteiger partial charge in [0, 0.05) is 24.2 Å². The standard InChI is InChI=1S/C17H26O2/c1-11(18)19-14-7-6-13-15(2,3)12-8-9-17(13,10-12)16(14,4)5/h6,12,14H,7-10H2,1-5H3/t12-,14-,17?/m0/s1. The number of esters is 1. The van der Waals surface area contributed by atoms with Crippen LogP contribution in [0.3, 0.4) is 0 Å². The molecule has 0 amide bonds. The first-order valence-electron chi connectivity index (χ1n) is 7.60. The molecule has 1 spiro atoms. The van der Waals surface area contributed by atoms with Crippen molar-refractivity contribution in [2.75, 3.05) is 0 Å². The average molecular weight is 262 g/mol. The smallest absolute Gasteiger partial charge is 0.302 e. The van der Waals surface area contributed by atoms with Gasteiger partial charge in [-0.15, -0.1) is 0 Å². The largest absolute Gasteiger partial charge is 0.462 e. The van der Waals surface area contributed by atoms with Gasteiger partial charge in [-0.3, -0.25) is 4.79 Å². The SMILES string of the molecule is CC(=O)O[C@H]1CC=C2C(C)(C)[C@H]3CCC2(C3)C1(C)C. The third-order valence-electron chi connectivity index (χ3n) is 6.63. The van der Waals surface area contributed by atoms with Gasteiger partial charge in [-0.2, -0.15) is 0 Å². The highest BCUT2D eigenvalue weighted by Gasteiger charge is 2.66. The van der Waals surface area contributed by atoms with Crippen molar-refractivity contribution in [3.05, 3.63) is 11.6 Å². The van der Waals surface area contributed by atoms with Crippen LogP contribution in [0, 0.1) is 22.2 Å². The predicted molar refractivity (Wildman–Crippen MR) is 75.6 cm³/mol. The number of rotatable bonds is 1. The van der Waals surface area contributed by atoms with Gasteiger partial charge in [0.05, 0.1) is 0 Å². The molecule has 3 aliphatic carbocycles. The van der Waals surface area contributed by atoms with Crippen molar-refractivity contribution in [2.24, 2.45) is 22.2 Å². The van der Waals surface area contributed by atoms with Gasteiger partial charge in [0.15, 0.2) is 0 Å². The van der Waals surface area contributed by atoms with E-state index in [2.05, 4.69) is 33.8 Å². The first-order valence-corrected chi connectivity index (χ1v) is 7.60. The van der Waals surface area contributed by atoms with Crippen LogP contribution in [0.4, 0.5) is 0 Å². The Hall–Kier alpha value is -0.790. The summed E-state index contributed by atoms with van der Waals surface area (Å²) in [4.78, 5) is 11.4. The Morgan fingerprint density at radius 1 is 1.32 bits per heavy atom. The lowest BCUT2D eigenvalue weighted by atomic mass is 9.52. The molecule has 2 bridgehead atoms. The molecule has 3 atom stereocenters. The van der Waals surface area contributed by atoms with E-state index >= 15 is 0 Å². The van der Waals surface area contributed by atoms with Crippen molar-refractivity contribution < 1.29 is 9.53 Å². The highest BCUT2D eigenvalue weighted by Crippen LogP contribution is 2.73. The second-order valence-electron chi connectivity index (χ2n) is 7.92. The first-order chi connectivity index (χ1) is 8.72. The summed E-state index contributed by atoms with van der Waals surface area (Å²) in [5.41, 5.74) is 2.34. The van der Waals surface area contributed by atoms with Gasteiger partial charge in [-0.25, -0.2) is 0 Å². The Morgan fingerprint density at radius 2 is 2.00 bits per heavy atom. The maximum atomic E-state index is 11.4. The van der Waals surface area contributed by atoms with Gasteiger partial charge < -0.3 is 4.74 Å². The summed E-state index contributed by atoms with van der Waals surface area (Å²) in [5.74, 6) is 0.673. The van der Waals surface area contributed by atoms with Crippen molar-refractivity contribution in [1.82, 2.24) is 0 Å². The van der Waals surface area contributed by atoms with Crippen molar-refractivity contribution in [3.8, 4) is 0 Å². The molecule has 0 aromatic rings. The molecule has 0 aromatic heterocycles. The third kappa shape index (κ3) is 1.46. The number of ether oxygens (including phenoxy) is 1. The fourth-order valence-corrected chi connectivity index (χ4v) is 5.36. The zero-order valence-corrected chi connectivity index (χ0v) is 12.9. The molecule has 0 heterocycles. The number of hydrogen-bond acceptors (Lipinski definition) is 2. The lowest BCUT2D eigenvalue weighted by Crippen LogP contribution is -2.50. The molecule has 0 N–H and O–H groups in total.